The van der Waals surface area contributed by atoms with E-state index in [1.165, 1.54) is 19.3 Å². The number of unbranched alkanes of at least 4 members (excludes halogenated alkanes) is 4. The van der Waals surface area contributed by atoms with Gasteiger partial charge in [0.05, 0.1) is 6.42 Å². The molecule has 88 valence electrons. The fourth-order valence-corrected chi connectivity index (χ4v) is 1.29. The van der Waals surface area contributed by atoms with Crippen LogP contribution in [0.15, 0.2) is 0 Å². The first-order chi connectivity index (χ1) is 7.16. The summed E-state index contributed by atoms with van der Waals surface area (Å²) in [5.74, 6) is -0.911. The summed E-state index contributed by atoms with van der Waals surface area (Å²) in [4.78, 5) is 21.3. The maximum absolute atomic E-state index is 11.2. The van der Waals surface area contributed by atoms with E-state index in [1.807, 2.05) is 0 Å². The smallest absolute Gasteiger partial charge is 0.305 e. The summed E-state index contributed by atoms with van der Waals surface area (Å²) in [5, 5.41) is 10.9. The minimum Gasteiger partial charge on any atom is -0.481 e. The molecule has 1 amide bonds. The maximum atomic E-state index is 11.2. The normalized spacial score (nSPS) is 9.93. The van der Waals surface area contributed by atoms with Gasteiger partial charge in [0.1, 0.15) is 0 Å². The van der Waals surface area contributed by atoms with E-state index in [-0.39, 0.29) is 18.9 Å². The molecule has 4 nitrogen and oxygen atoms in total. The molecule has 0 heterocycles. The molecule has 2 N–H and O–H groups in total. The van der Waals surface area contributed by atoms with E-state index in [4.69, 9.17) is 5.11 Å². The summed E-state index contributed by atoms with van der Waals surface area (Å²) in [6.45, 7) is 2.39. The Morgan fingerprint density at radius 2 is 1.73 bits per heavy atom. The first-order valence-corrected chi connectivity index (χ1v) is 5.65. The van der Waals surface area contributed by atoms with E-state index in [0.717, 1.165) is 12.8 Å². The Morgan fingerprint density at radius 3 is 2.33 bits per heavy atom. The van der Waals surface area contributed by atoms with Crippen molar-refractivity contribution in [3.05, 3.63) is 0 Å². The van der Waals surface area contributed by atoms with Gasteiger partial charge in [0.2, 0.25) is 5.91 Å². The van der Waals surface area contributed by atoms with Gasteiger partial charge >= 0.3 is 5.97 Å². The summed E-state index contributed by atoms with van der Waals surface area (Å²) in [6.07, 6.45) is 6.11. The predicted molar refractivity (Wildman–Crippen MR) is 58.6 cm³/mol. The van der Waals surface area contributed by atoms with E-state index >= 15 is 0 Å². The Bertz CT molecular complexity index is 192. The zero-order valence-corrected chi connectivity index (χ0v) is 9.42. The Labute approximate surface area is 91.1 Å². The summed E-state index contributed by atoms with van der Waals surface area (Å²) >= 11 is 0. The SMILES string of the molecule is CCCCCCCC(=O)NCCC(=O)O. The average Bonchev–Trinajstić information content (AvgIpc) is 2.17. The number of rotatable bonds is 9. The summed E-state index contributed by atoms with van der Waals surface area (Å²) in [6, 6.07) is 0. The van der Waals surface area contributed by atoms with Gasteiger partial charge in [-0.3, -0.25) is 9.59 Å². The van der Waals surface area contributed by atoms with Crippen LogP contribution in [0.2, 0.25) is 0 Å². The molecule has 0 bridgehead atoms. The molecule has 0 radical (unpaired) electrons. The Kier molecular flexibility index (Phi) is 8.82. The molecule has 0 aromatic rings. The van der Waals surface area contributed by atoms with Crippen molar-refractivity contribution in [2.24, 2.45) is 0 Å². The van der Waals surface area contributed by atoms with Gasteiger partial charge in [-0.1, -0.05) is 32.6 Å². The van der Waals surface area contributed by atoms with Crippen molar-refractivity contribution in [1.29, 1.82) is 0 Å². The van der Waals surface area contributed by atoms with E-state index in [9.17, 15) is 9.59 Å². The summed E-state index contributed by atoms with van der Waals surface area (Å²) in [5.41, 5.74) is 0. The predicted octanol–water partition coefficient (Wildman–Crippen LogP) is 1.94. The number of carboxylic acids is 1. The van der Waals surface area contributed by atoms with E-state index < -0.39 is 5.97 Å². The highest BCUT2D eigenvalue weighted by Gasteiger charge is 2.01. The minimum absolute atomic E-state index is 0.00156. The van der Waals surface area contributed by atoms with Gasteiger partial charge in [-0.15, -0.1) is 0 Å². The lowest BCUT2D eigenvalue weighted by Gasteiger charge is -2.03. The molecule has 0 saturated heterocycles. The zero-order valence-electron chi connectivity index (χ0n) is 9.42. The second kappa shape index (κ2) is 9.49. The van der Waals surface area contributed by atoms with Crippen LogP contribution in [0.1, 0.15) is 51.9 Å². The molecular weight excluding hydrogens is 194 g/mol. The highest BCUT2D eigenvalue weighted by Crippen LogP contribution is 2.04. The molecule has 0 unspecified atom stereocenters. The molecule has 4 heteroatoms. The average molecular weight is 215 g/mol. The van der Waals surface area contributed by atoms with Gasteiger partial charge in [-0.25, -0.2) is 0 Å². The lowest BCUT2D eigenvalue weighted by molar-refractivity contribution is -0.136. The molecule has 0 aliphatic rings. The Balaban J connectivity index is 3.22. The van der Waals surface area contributed by atoms with Gasteiger partial charge in [0, 0.05) is 13.0 Å². The van der Waals surface area contributed by atoms with Gasteiger partial charge in [-0.2, -0.15) is 0 Å². The van der Waals surface area contributed by atoms with Crippen LogP contribution in [-0.2, 0) is 9.59 Å². The number of hydrogen-bond donors (Lipinski definition) is 2. The number of amides is 1. The van der Waals surface area contributed by atoms with Crippen molar-refractivity contribution in [3.63, 3.8) is 0 Å². The molecule has 0 fully saturated rings. The molecule has 0 aliphatic carbocycles. The third kappa shape index (κ3) is 10.9. The molecule has 0 spiro atoms. The van der Waals surface area contributed by atoms with Crippen molar-refractivity contribution >= 4 is 11.9 Å². The highest BCUT2D eigenvalue weighted by molar-refractivity contribution is 5.76. The van der Waals surface area contributed by atoms with Crippen LogP contribution in [0.5, 0.6) is 0 Å². The molecule has 0 atom stereocenters. The zero-order chi connectivity index (χ0) is 11.5. The number of carboxylic acid groups (broad SMARTS) is 1. The molecular formula is C11H21NO3. The van der Waals surface area contributed by atoms with Crippen molar-refractivity contribution in [3.8, 4) is 0 Å². The van der Waals surface area contributed by atoms with Crippen LogP contribution >= 0.6 is 0 Å². The summed E-state index contributed by atoms with van der Waals surface area (Å²) in [7, 11) is 0. The number of nitrogens with one attached hydrogen (secondary N) is 1. The van der Waals surface area contributed by atoms with Crippen LogP contribution in [0.3, 0.4) is 0 Å². The van der Waals surface area contributed by atoms with Crippen LogP contribution in [-0.4, -0.2) is 23.5 Å². The fourth-order valence-electron chi connectivity index (χ4n) is 1.29. The van der Waals surface area contributed by atoms with Gasteiger partial charge in [0.15, 0.2) is 0 Å². The van der Waals surface area contributed by atoms with Crippen molar-refractivity contribution in [2.75, 3.05) is 6.54 Å². The van der Waals surface area contributed by atoms with Crippen LogP contribution in [0.25, 0.3) is 0 Å². The Morgan fingerprint density at radius 1 is 1.07 bits per heavy atom. The summed E-state index contributed by atoms with van der Waals surface area (Å²) < 4.78 is 0. The molecule has 0 saturated carbocycles. The standard InChI is InChI=1S/C11H21NO3/c1-2-3-4-5-6-7-10(13)12-9-8-11(14)15/h2-9H2,1H3,(H,12,13)(H,14,15). The van der Waals surface area contributed by atoms with Crippen LogP contribution in [0, 0.1) is 0 Å². The topological polar surface area (TPSA) is 66.4 Å². The molecule has 0 aromatic heterocycles. The van der Waals surface area contributed by atoms with Crippen LogP contribution < -0.4 is 5.32 Å². The van der Waals surface area contributed by atoms with Gasteiger partial charge < -0.3 is 10.4 Å². The fraction of sp³-hybridized carbons (Fsp3) is 0.818. The van der Waals surface area contributed by atoms with Gasteiger partial charge in [-0.05, 0) is 6.42 Å². The van der Waals surface area contributed by atoms with Crippen molar-refractivity contribution in [2.45, 2.75) is 51.9 Å². The van der Waals surface area contributed by atoms with E-state index in [0.29, 0.717) is 6.42 Å². The first kappa shape index (κ1) is 13.9. The van der Waals surface area contributed by atoms with Crippen LogP contribution in [0.4, 0.5) is 0 Å². The number of carbonyl (C=O) groups is 2. The third-order valence-corrected chi connectivity index (χ3v) is 2.17. The maximum Gasteiger partial charge on any atom is 0.305 e. The Hall–Kier alpha value is -1.06. The third-order valence-electron chi connectivity index (χ3n) is 2.17. The number of carbonyl (C=O) groups excluding carboxylic acids is 1. The molecule has 15 heavy (non-hydrogen) atoms. The largest absolute Gasteiger partial charge is 0.481 e. The lowest BCUT2D eigenvalue weighted by atomic mass is 10.1. The highest BCUT2D eigenvalue weighted by atomic mass is 16.4. The number of hydrogen-bond acceptors (Lipinski definition) is 2. The monoisotopic (exact) mass is 215 g/mol. The minimum atomic E-state index is -0.877. The second-order valence-electron chi connectivity index (χ2n) is 3.66. The number of aliphatic carboxylic acids is 1. The van der Waals surface area contributed by atoms with E-state index in [2.05, 4.69) is 12.2 Å². The molecule has 0 aliphatic heterocycles. The molecule has 0 aromatic carbocycles. The van der Waals surface area contributed by atoms with Crippen molar-refractivity contribution < 1.29 is 14.7 Å². The first-order valence-electron chi connectivity index (χ1n) is 5.65. The van der Waals surface area contributed by atoms with E-state index in [1.54, 1.807) is 0 Å². The molecule has 0 rings (SSSR count). The quantitative estimate of drug-likeness (QED) is 0.578. The van der Waals surface area contributed by atoms with Gasteiger partial charge in [0.25, 0.3) is 0 Å². The van der Waals surface area contributed by atoms with Crippen molar-refractivity contribution in [1.82, 2.24) is 5.32 Å². The lowest BCUT2D eigenvalue weighted by Crippen LogP contribution is -2.25. The second-order valence-corrected chi connectivity index (χ2v) is 3.66.